The molecule has 5 nitrogen and oxygen atoms in total. The van der Waals surface area contributed by atoms with Crippen LogP contribution in [0.25, 0.3) is 0 Å². The number of anilines is 1. The average Bonchev–Trinajstić information content (AvgIpc) is 2.54. The van der Waals surface area contributed by atoms with Crippen LogP contribution >= 0.6 is 0 Å². The minimum atomic E-state index is -3.29. The van der Waals surface area contributed by atoms with E-state index >= 15 is 0 Å². The van der Waals surface area contributed by atoms with Crippen molar-refractivity contribution in [1.29, 1.82) is 0 Å². The van der Waals surface area contributed by atoms with Gasteiger partial charge in [0.2, 0.25) is 10.0 Å². The molecule has 6 heteroatoms. The van der Waals surface area contributed by atoms with E-state index < -0.39 is 10.0 Å². The van der Waals surface area contributed by atoms with Crippen molar-refractivity contribution in [2.75, 3.05) is 24.2 Å². The molecule has 1 N–H and O–H groups in total. The summed E-state index contributed by atoms with van der Waals surface area (Å²) in [5.41, 5.74) is 2.51. The lowest BCUT2D eigenvalue weighted by Gasteiger charge is -2.16. The van der Waals surface area contributed by atoms with Gasteiger partial charge < -0.3 is 5.32 Å². The maximum Gasteiger partial charge on any atom is 0.251 e. The number of hydrogen-bond acceptors (Lipinski definition) is 3. The maximum atomic E-state index is 12.1. The SMILES string of the molecule is CN(c1ccc(C(=O)NCCC2=CCCCC2)cc1)S(C)(=O)=O. The summed E-state index contributed by atoms with van der Waals surface area (Å²) in [5, 5.41) is 2.91. The van der Waals surface area contributed by atoms with Gasteiger partial charge in [0, 0.05) is 19.2 Å². The molecular weight excluding hydrogens is 312 g/mol. The monoisotopic (exact) mass is 336 g/mol. The summed E-state index contributed by atoms with van der Waals surface area (Å²) < 4.78 is 24.2. The first-order valence-electron chi connectivity index (χ1n) is 7.88. The molecule has 0 radical (unpaired) electrons. The van der Waals surface area contributed by atoms with Crippen LogP contribution in [0.3, 0.4) is 0 Å². The first-order valence-corrected chi connectivity index (χ1v) is 9.73. The molecule has 0 spiro atoms. The third kappa shape index (κ3) is 5.10. The Balaban J connectivity index is 1.89. The molecule has 1 aliphatic rings. The van der Waals surface area contributed by atoms with Crippen LogP contribution in [0.5, 0.6) is 0 Å². The molecule has 1 aliphatic carbocycles. The molecule has 2 rings (SSSR count). The molecule has 126 valence electrons. The number of nitrogens with zero attached hydrogens (tertiary/aromatic N) is 1. The fourth-order valence-electron chi connectivity index (χ4n) is 2.58. The highest BCUT2D eigenvalue weighted by Crippen LogP contribution is 2.19. The van der Waals surface area contributed by atoms with Crippen LogP contribution in [-0.2, 0) is 10.0 Å². The zero-order valence-electron chi connectivity index (χ0n) is 13.7. The second kappa shape index (κ2) is 7.64. The summed E-state index contributed by atoms with van der Waals surface area (Å²) in [4.78, 5) is 12.1. The van der Waals surface area contributed by atoms with Crippen molar-refractivity contribution in [3.8, 4) is 0 Å². The zero-order valence-corrected chi connectivity index (χ0v) is 14.5. The molecule has 0 heterocycles. The maximum absolute atomic E-state index is 12.1. The van der Waals surface area contributed by atoms with E-state index in [4.69, 9.17) is 0 Å². The molecule has 0 fully saturated rings. The molecule has 0 bridgehead atoms. The predicted octanol–water partition coefficient (Wildman–Crippen LogP) is 2.70. The molecule has 1 aromatic rings. The van der Waals surface area contributed by atoms with E-state index in [0.717, 1.165) is 25.5 Å². The molecule has 0 atom stereocenters. The summed E-state index contributed by atoms with van der Waals surface area (Å²) in [6.45, 7) is 0.635. The smallest absolute Gasteiger partial charge is 0.251 e. The number of allylic oxidation sites excluding steroid dienone is 1. The van der Waals surface area contributed by atoms with Crippen LogP contribution in [0, 0.1) is 0 Å². The highest BCUT2D eigenvalue weighted by atomic mass is 32.2. The molecule has 0 unspecified atom stereocenters. The highest BCUT2D eigenvalue weighted by molar-refractivity contribution is 7.92. The van der Waals surface area contributed by atoms with E-state index in [-0.39, 0.29) is 5.91 Å². The van der Waals surface area contributed by atoms with Crippen LogP contribution in [-0.4, -0.2) is 34.2 Å². The van der Waals surface area contributed by atoms with Gasteiger partial charge in [-0.15, -0.1) is 0 Å². The Morgan fingerprint density at radius 2 is 1.91 bits per heavy atom. The van der Waals surface area contributed by atoms with Crippen molar-refractivity contribution < 1.29 is 13.2 Å². The number of carbonyl (C=O) groups excluding carboxylic acids is 1. The molecular formula is C17H24N2O3S. The van der Waals surface area contributed by atoms with Crippen LogP contribution < -0.4 is 9.62 Å². The van der Waals surface area contributed by atoms with Crippen molar-refractivity contribution >= 4 is 21.6 Å². The molecule has 0 saturated heterocycles. The van der Waals surface area contributed by atoms with Gasteiger partial charge in [-0.05, 0) is 56.4 Å². The van der Waals surface area contributed by atoms with E-state index in [1.807, 2.05) is 0 Å². The lowest BCUT2D eigenvalue weighted by atomic mass is 9.97. The van der Waals surface area contributed by atoms with Gasteiger partial charge in [-0.25, -0.2) is 8.42 Å². The van der Waals surface area contributed by atoms with Gasteiger partial charge in [0.1, 0.15) is 0 Å². The fourth-order valence-corrected chi connectivity index (χ4v) is 3.09. The summed E-state index contributed by atoms with van der Waals surface area (Å²) in [5.74, 6) is -0.130. The topological polar surface area (TPSA) is 66.5 Å². The standard InChI is InChI=1S/C17H24N2O3S/c1-19(23(2,21)22)16-10-8-15(9-11-16)17(20)18-13-12-14-6-4-3-5-7-14/h6,8-11H,3-5,7,12-13H2,1-2H3,(H,18,20). The van der Waals surface area contributed by atoms with Crippen molar-refractivity contribution in [1.82, 2.24) is 5.32 Å². The number of hydrogen-bond donors (Lipinski definition) is 1. The van der Waals surface area contributed by atoms with Crippen molar-refractivity contribution in [3.05, 3.63) is 41.5 Å². The predicted molar refractivity (Wildman–Crippen MR) is 93.2 cm³/mol. The first kappa shape index (κ1) is 17.5. The lowest BCUT2D eigenvalue weighted by Crippen LogP contribution is -2.26. The lowest BCUT2D eigenvalue weighted by molar-refractivity contribution is 0.0954. The van der Waals surface area contributed by atoms with E-state index in [1.54, 1.807) is 24.3 Å². The van der Waals surface area contributed by atoms with E-state index in [2.05, 4.69) is 11.4 Å². The second-order valence-electron chi connectivity index (χ2n) is 5.89. The zero-order chi connectivity index (χ0) is 16.9. The third-order valence-electron chi connectivity index (χ3n) is 4.11. The molecule has 1 amide bonds. The minimum absolute atomic E-state index is 0.130. The van der Waals surface area contributed by atoms with Gasteiger partial charge in [0.05, 0.1) is 11.9 Å². The number of carbonyl (C=O) groups is 1. The van der Waals surface area contributed by atoms with Crippen molar-refractivity contribution in [2.24, 2.45) is 0 Å². The molecule has 23 heavy (non-hydrogen) atoms. The summed E-state index contributed by atoms with van der Waals surface area (Å²) in [7, 11) is -1.80. The Kier molecular flexibility index (Phi) is 5.82. The fraction of sp³-hybridized carbons (Fsp3) is 0.471. The molecule has 1 aromatic carbocycles. The summed E-state index contributed by atoms with van der Waals surface area (Å²) >= 11 is 0. The van der Waals surface area contributed by atoms with Gasteiger partial charge >= 0.3 is 0 Å². The van der Waals surface area contributed by atoms with Gasteiger partial charge in [0.15, 0.2) is 0 Å². The normalized spacial score (nSPS) is 15.0. The van der Waals surface area contributed by atoms with Crippen LogP contribution in [0.1, 0.15) is 42.5 Å². The van der Waals surface area contributed by atoms with E-state index in [0.29, 0.717) is 17.8 Å². The van der Waals surface area contributed by atoms with E-state index in [1.165, 1.54) is 29.8 Å². The Bertz CT molecular complexity index is 678. The van der Waals surface area contributed by atoms with Gasteiger partial charge in [-0.1, -0.05) is 11.6 Å². The second-order valence-corrected chi connectivity index (χ2v) is 7.91. The molecule has 0 saturated carbocycles. The van der Waals surface area contributed by atoms with Crippen molar-refractivity contribution in [2.45, 2.75) is 32.1 Å². The molecule has 0 aliphatic heterocycles. The summed E-state index contributed by atoms with van der Waals surface area (Å²) in [6.07, 6.45) is 9.14. The van der Waals surface area contributed by atoms with Crippen LogP contribution in [0.15, 0.2) is 35.9 Å². The summed E-state index contributed by atoms with van der Waals surface area (Å²) in [6, 6.07) is 6.57. The Labute approximate surface area is 138 Å². The first-order chi connectivity index (χ1) is 10.9. The van der Waals surface area contributed by atoms with Gasteiger partial charge in [0.25, 0.3) is 5.91 Å². The quantitative estimate of drug-likeness (QED) is 0.812. The Hall–Kier alpha value is -1.82. The number of rotatable bonds is 6. The Morgan fingerprint density at radius 1 is 1.22 bits per heavy atom. The number of amides is 1. The highest BCUT2D eigenvalue weighted by Gasteiger charge is 2.13. The number of nitrogens with one attached hydrogen (secondary N) is 1. The minimum Gasteiger partial charge on any atom is -0.352 e. The Morgan fingerprint density at radius 3 is 2.48 bits per heavy atom. The van der Waals surface area contributed by atoms with E-state index in [9.17, 15) is 13.2 Å². The van der Waals surface area contributed by atoms with Gasteiger partial charge in [-0.3, -0.25) is 9.10 Å². The third-order valence-corrected chi connectivity index (χ3v) is 5.31. The molecule has 0 aromatic heterocycles. The average molecular weight is 336 g/mol. The number of benzene rings is 1. The van der Waals surface area contributed by atoms with Crippen molar-refractivity contribution in [3.63, 3.8) is 0 Å². The number of sulfonamides is 1. The van der Waals surface area contributed by atoms with Crippen LogP contribution in [0.2, 0.25) is 0 Å². The largest absolute Gasteiger partial charge is 0.352 e. The van der Waals surface area contributed by atoms with Crippen LogP contribution in [0.4, 0.5) is 5.69 Å². The van der Waals surface area contributed by atoms with Gasteiger partial charge in [-0.2, -0.15) is 0 Å².